The fourth-order valence-corrected chi connectivity index (χ4v) is 3.98. The Morgan fingerprint density at radius 1 is 1.07 bits per heavy atom. The Bertz CT molecular complexity index is 1020. The van der Waals surface area contributed by atoms with Crippen molar-refractivity contribution in [3.8, 4) is 11.4 Å². The fraction of sp³-hybridized carbons (Fsp3) is 0.409. The van der Waals surface area contributed by atoms with Crippen LogP contribution in [0, 0.1) is 5.92 Å². The van der Waals surface area contributed by atoms with Crippen molar-refractivity contribution in [1.82, 2.24) is 29.6 Å². The molecule has 0 unspecified atom stereocenters. The number of rotatable bonds is 4. The first kappa shape index (κ1) is 18.0. The predicted octanol–water partition coefficient (Wildman–Crippen LogP) is 3.47. The molecule has 29 heavy (non-hydrogen) atoms. The lowest BCUT2D eigenvalue weighted by atomic mass is 9.99. The first-order valence-corrected chi connectivity index (χ1v) is 10.2. The first-order valence-electron chi connectivity index (χ1n) is 10.2. The van der Waals surface area contributed by atoms with Gasteiger partial charge in [0.1, 0.15) is 5.82 Å². The molecule has 1 aliphatic carbocycles. The number of carbonyl (C=O) groups is 1. The summed E-state index contributed by atoms with van der Waals surface area (Å²) in [6, 6.07) is 9.82. The summed E-state index contributed by atoms with van der Waals surface area (Å²) in [6.07, 6.45) is 5.65. The van der Waals surface area contributed by atoms with E-state index in [0.717, 1.165) is 30.1 Å². The molecule has 3 aromatic rings. The summed E-state index contributed by atoms with van der Waals surface area (Å²) in [5.41, 5.74) is 1.52. The number of nitrogens with zero attached hydrogens (tertiary/aromatic N) is 6. The van der Waals surface area contributed by atoms with E-state index in [1.807, 2.05) is 39.9 Å². The average Bonchev–Trinajstić information content (AvgIpc) is 3.51. The average molecular weight is 388 g/mol. The van der Waals surface area contributed by atoms with Gasteiger partial charge in [0.25, 0.3) is 5.91 Å². The molecule has 2 aliphatic rings. The van der Waals surface area contributed by atoms with E-state index in [-0.39, 0.29) is 17.9 Å². The number of fused-ring (bicyclic) bond motifs is 1. The van der Waals surface area contributed by atoms with Gasteiger partial charge < -0.3 is 4.90 Å². The zero-order valence-corrected chi connectivity index (χ0v) is 16.7. The van der Waals surface area contributed by atoms with Gasteiger partial charge in [-0.25, -0.2) is 19.6 Å². The maximum atomic E-state index is 13.3. The van der Waals surface area contributed by atoms with Crippen LogP contribution in [0.15, 0.2) is 42.7 Å². The van der Waals surface area contributed by atoms with Crippen LogP contribution in [0.3, 0.4) is 0 Å². The molecule has 0 N–H and O–H groups in total. The predicted molar refractivity (Wildman–Crippen MR) is 108 cm³/mol. The molecule has 1 fully saturated rings. The van der Waals surface area contributed by atoms with E-state index >= 15 is 0 Å². The quantitative estimate of drug-likeness (QED) is 0.684. The third kappa shape index (κ3) is 3.30. The zero-order valence-electron chi connectivity index (χ0n) is 16.7. The van der Waals surface area contributed by atoms with Crippen LogP contribution in [-0.2, 0) is 6.54 Å². The van der Waals surface area contributed by atoms with Crippen molar-refractivity contribution in [1.29, 1.82) is 0 Å². The second kappa shape index (κ2) is 7.06. The molecule has 0 radical (unpaired) electrons. The summed E-state index contributed by atoms with van der Waals surface area (Å²) in [7, 11) is 0. The molecular weight excluding hydrogens is 364 g/mol. The molecule has 1 atom stereocenters. The number of amides is 1. The second-order valence-corrected chi connectivity index (χ2v) is 8.17. The van der Waals surface area contributed by atoms with Crippen LogP contribution in [0.5, 0.6) is 0 Å². The molecule has 0 bridgehead atoms. The number of benzene rings is 1. The number of hydrogen-bond donors (Lipinski definition) is 0. The highest BCUT2D eigenvalue weighted by Crippen LogP contribution is 2.38. The largest absolute Gasteiger partial charge is 0.326 e. The highest BCUT2D eigenvalue weighted by molar-refractivity contribution is 5.94. The highest BCUT2D eigenvalue weighted by atomic mass is 16.2. The van der Waals surface area contributed by atoms with Gasteiger partial charge in [-0.1, -0.05) is 44.2 Å². The van der Waals surface area contributed by atoms with Gasteiger partial charge in [-0.3, -0.25) is 4.79 Å². The lowest BCUT2D eigenvalue weighted by molar-refractivity contribution is 0.0536. The number of carbonyl (C=O) groups excluding carboxylic acids is 1. The van der Waals surface area contributed by atoms with E-state index < -0.39 is 0 Å². The van der Waals surface area contributed by atoms with Crippen LogP contribution in [0.25, 0.3) is 11.4 Å². The molecule has 1 amide bonds. The maximum absolute atomic E-state index is 13.3. The van der Waals surface area contributed by atoms with Gasteiger partial charge in [0.2, 0.25) is 0 Å². The number of hydrogen-bond acceptors (Lipinski definition) is 5. The second-order valence-electron chi connectivity index (χ2n) is 8.17. The Morgan fingerprint density at radius 3 is 2.45 bits per heavy atom. The van der Waals surface area contributed by atoms with E-state index in [1.165, 1.54) is 0 Å². The number of aromatic nitrogens is 5. The Labute approximate surface area is 169 Å². The summed E-state index contributed by atoms with van der Waals surface area (Å²) < 4.78 is 1.95. The highest BCUT2D eigenvalue weighted by Gasteiger charge is 2.36. The van der Waals surface area contributed by atoms with E-state index in [1.54, 1.807) is 12.4 Å². The van der Waals surface area contributed by atoms with Crippen molar-refractivity contribution in [2.45, 2.75) is 45.2 Å². The minimum atomic E-state index is -0.135. The van der Waals surface area contributed by atoms with E-state index in [2.05, 4.69) is 23.8 Å². The molecular formula is C22H24N6O. The first-order chi connectivity index (χ1) is 14.1. The smallest absolute Gasteiger partial charge is 0.257 e. The Hall–Kier alpha value is -3.09. The van der Waals surface area contributed by atoms with Gasteiger partial charge >= 0.3 is 0 Å². The molecule has 7 heteroatoms. The van der Waals surface area contributed by atoms with Gasteiger partial charge in [0.05, 0.1) is 18.2 Å². The van der Waals surface area contributed by atoms with E-state index in [9.17, 15) is 4.79 Å². The van der Waals surface area contributed by atoms with Crippen LogP contribution in [-0.4, -0.2) is 42.1 Å². The standard InChI is InChI=1S/C22H24N6O/c1-14(2)18-21-25-20(15-6-4-3-5-7-15)26-28(21)11-10-27(18)22(29)17-12-23-19(24-13-17)16-8-9-16/h3-7,12-14,16,18H,8-11H2,1-2H3/t18-/m0/s1. The van der Waals surface area contributed by atoms with Gasteiger partial charge in [-0.2, -0.15) is 5.10 Å². The zero-order chi connectivity index (χ0) is 20.0. The van der Waals surface area contributed by atoms with Gasteiger partial charge in [-0.05, 0) is 18.8 Å². The summed E-state index contributed by atoms with van der Waals surface area (Å²) in [6.45, 7) is 5.45. The van der Waals surface area contributed by atoms with Crippen molar-refractivity contribution in [3.63, 3.8) is 0 Å². The Balaban J connectivity index is 1.45. The summed E-state index contributed by atoms with van der Waals surface area (Å²) in [5.74, 6) is 3.05. The normalized spacial score (nSPS) is 18.7. The molecule has 1 aliphatic heterocycles. The lowest BCUT2D eigenvalue weighted by Gasteiger charge is -2.37. The topological polar surface area (TPSA) is 76.8 Å². The minimum Gasteiger partial charge on any atom is -0.326 e. The van der Waals surface area contributed by atoms with Crippen molar-refractivity contribution in [2.75, 3.05) is 6.54 Å². The van der Waals surface area contributed by atoms with Crippen molar-refractivity contribution in [2.24, 2.45) is 5.92 Å². The third-order valence-corrected chi connectivity index (χ3v) is 5.64. The van der Waals surface area contributed by atoms with Crippen LogP contribution < -0.4 is 0 Å². The molecule has 148 valence electrons. The Kier molecular flexibility index (Phi) is 4.38. The lowest BCUT2D eigenvalue weighted by Crippen LogP contribution is -2.44. The molecule has 1 saturated carbocycles. The van der Waals surface area contributed by atoms with Gasteiger partial charge in [-0.15, -0.1) is 0 Å². The molecule has 0 spiro atoms. The molecule has 7 nitrogen and oxygen atoms in total. The molecule has 2 aromatic heterocycles. The van der Waals surface area contributed by atoms with Gasteiger partial charge in [0.15, 0.2) is 11.6 Å². The van der Waals surface area contributed by atoms with Crippen molar-refractivity contribution >= 4 is 5.91 Å². The monoisotopic (exact) mass is 388 g/mol. The van der Waals surface area contributed by atoms with Crippen LogP contribution in [0.4, 0.5) is 0 Å². The van der Waals surface area contributed by atoms with Gasteiger partial charge in [0, 0.05) is 30.4 Å². The third-order valence-electron chi connectivity index (χ3n) is 5.64. The van der Waals surface area contributed by atoms with Crippen LogP contribution in [0.2, 0.25) is 0 Å². The summed E-state index contributed by atoms with van der Waals surface area (Å²) >= 11 is 0. The van der Waals surface area contributed by atoms with Crippen LogP contribution in [0.1, 0.15) is 60.7 Å². The van der Waals surface area contributed by atoms with Crippen molar-refractivity contribution in [3.05, 3.63) is 59.9 Å². The Morgan fingerprint density at radius 2 is 1.79 bits per heavy atom. The summed E-state index contributed by atoms with van der Waals surface area (Å²) in [4.78, 5) is 28.9. The molecule has 0 saturated heterocycles. The van der Waals surface area contributed by atoms with Crippen molar-refractivity contribution < 1.29 is 4.79 Å². The molecule has 1 aromatic carbocycles. The minimum absolute atomic E-state index is 0.0402. The fourth-order valence-electron chi connectivity index (χ4n) is 3.98. The maximum Gasteiger partial charge on any atom is 0.257 e. The van der Waals surface area contributed by atoms with E-state index in [0.29, 0.717) is 30.4 Å². The SMILES string of the molecule is CC(C)[C@H]1c2nc(-c3ccccc3)nn2CCN1C(=O)c1cnc(C2CC2)nc1. The molecule has 5 rings (SSSR count). The van der Waals surface area contributed by atoms with E-state index in [4.69, 9.17) is 10.1 Å². The van der Waals surface area contributed by atoms with Crippen LogP contribution >= 0.6 is 0 Å². The summed E-state index contributed by atoms with van der Waals surface area (Å²) in [5, 5.41) is 4.70. The molecule has 3 heterocycles.